The van der Waals surface area contributed by atoms with Crippen LogP contribution in [0.4, 0.5) is 5.82 Å². The van der Waals surface area contributed by atoms with Crippen LogP contribution in [-0.2, 0) is 6.54 Å². The quantitative estimate of drug-likeness (QED) is 0.546. The highest BCUT2D eigenvalue weighted by atomic mass is 15.3. The van der Waals surface area contributed by atoms with Crippen LogP contribution in [0.15, 0.2) is 55.6 Å². The maximum atomic E-state index is 4.39. The van der Waals surface area contributed by atoms with Crippen molar-refractivity contribution in [1.29, 1.82) is 0 Å². The molecule has 0 saturated heterocycles. The summed E-state index contributed by atoms with van der Waals surface area (Å²) in [7, 11) is 0. The van der Waals surface area contributed by atoms with Crippen molar-refractivity contribution >= 4 is 16.9 Å². The van der Waals surface area contributed by atoms with Crippen LogP contribution in [0.3, 0.4) is 0 Å². The third-order valence-corrected chi connectivity index (χ3v) is 3.68. The lowest BCUT2D eigenvalue weighted by Gasteiger charge is -2.07. The van der Waals surface area contributed by atoms with Crippen molar-refractivity contribution < 1.29 is 0 Å². The fourth-order valence-corrected chi connectivity index (χ4v) is 2.52. The molecule has 1 N–H and O–H groups in total. The van der Waals surface area contributed by atoms with Crippen molar-refractivity contribution in [1.82, 2.24) is 34.3 Å². The zero-order valence-corrected chi connectivity index (χ0v) is 12.9. The molecule has 0 bridgehead atoms. The van der Waals surface area contributed by atoms with Crippen LogP contribution in [0.2, 0.25) is 0 Å². The van der Waals surface area contributed by atoms with Gasteiger partial charge in [0.15, 0.2) is 11.5 Å². The molecule has 4 heterocycles. The highest BCUT2D eigenvalue weighted by Crippen LogP contribution is 2.20. The second-order valence-corrected chi connectivity index (χ2v) is 5.28. The molecule has 0 unspecified atom stereocenters. The molecule has 120 valence electrons. The van der Waals surface area contributed by atoms with E-state index in [0.717, 1.165) is 42.2 Å². The van der Waals surface area contributed by atoms with Crippen molar-refractivity contribution in [2.45, 2.75) is 13.0 Å². The van der Waals surface area contributed by atoms with Crippen LogP contribution in [0, 0.1) is 0 Å². The number of fused-ring (bicyclic) bond motifs is 1. The Bertz CT molecular complexity index is 914. The topological polar surface area (TPSA) is 86.3 Å². The molecule has 4 aromatic rings. The van der Waals surface area contributed by atoms with Gasteiger partial charge in [-0.25, -0.2) is 19.9 Å². The van der Waals surface area contributed by atoms with Gasteiger partial charge in [-0.05, 0) is 18.6 Å². The van der Waals surface area contributed by atoms with E-state index in [1.165, 1.54) is 0 Å². The zero-order chi connectivity index (χ0) is 16.2. The number of anilines is 1. The van der Waals surface area contributed by atoms with Crippen molar-refractivity contribution in [2.75, 3.05) is 11.9 Å². The molecule has 0 aliphatic heterocycles. The summed E-state index contributed by atoms with van der Waals surface area (Å²) in [4.78, 5) is 17.0. The number of aromatic nitrogens is 7. The fraction of sp³-hybridized carbons (Fsp3) is 0.188. The monoisotopic (exact) mass is 320 g/mol. The average Bonchev–Trinajstić information content (AvgIpc) is 3.29. The first kappa shape index (κ1) is 14.3. The average molecular weight is 320 g/mol. The molecule has 4 aromatic heterocycles. The van der Waals surface area contributed by atoms with Crippen molar-refractivity contribution in [3.05, 3.63) is 55.6 Å². The molecule has 24 heavy (non-hydrogen) atoms. The number of aryl methyl sites for hydroxylation is 1. The summed E-state index contributed by atoms with van der Waals surface area (Å²) in [6.45, 7) is 1.72. The summed E-state index contributed by atoms with van der Waals surface area (Å²) >= 11 is 0. The predicted molar refractivity (Wildman–Crippen MR) is 89.8 cm³/mol. The minimum atomic E-state index is 0.734. The first-order valence-electron chi connectivity index (χ1n) is 7.71. The van der Waals surface area contributed by atoms with Gasteiger partial charge in [0.05, 0.1) is 17.9 Å². The van der Waals surface area contributed by atoms with E-state index in [4.69, 9.17) is 0 Å². The Labute approximate surface area is 138 Å². The van der Waals surface area contributed by atoms with Crippen LogP contribution >= 0.6 is 0 Å². The minimum absolute atomic E-state index is 0.734. The molecular weight excluding hydrogens is 304 g/mol. The summed E-state index contributed by atoms with van der Waals surface area (Å²) in [5.41, 5.74) is 0.737. The van der Waals surface area contributed by atoms with E-state index in [2.05, 4.69) is 34.9 Å². The number of nitrogens with zero attached hydrogens (tertiary/aromatic N) is 7. The Kier molecular flexibility index (Phi) is 3.85. The standard InChI is InChI=1S/C16H16N8/c1-2-5-18-14(4-1)24-16-13(10-22-24)15(20-11-21-16)19-6-3-8-23-9-7-17-12-23/h1-2,4-5,7,9-12H,3,6,8H2,(H,19,20,21). The molecule has 0 amide bonds. The number of imidazole rings is 1. The third kappa shape index (κ3) is 2.81. The summed E-state index contributed by atoms with van der Waals surface area (Å²) in [6.07, 6.45) is 11.6. The van der Waals surface area contributed by atoms with E-state index < -0.39 is 0 Å². The molecule has 0 aromatic carbocycles. The molecule has 0 spiro atoms. The van der Waals surface area contributed by atoms with Crippen LogP contribution < -0.4 is 5.32 Å². The van der Waals surface area contributed by atoms with Crippen molar-refractivity contribution in [2.24, 2.45) is 0 Å². The van der Waals surface area contributed by atoms with Gasteiger partial charge < -0.3 is 9.88 Å². The fourth-order valence-electron chi connectivity index (χ4n) is 2.52. The lowest BCUT2D eigenvalue weighted by atomic mass is 10.3. The number of hydrogen-bond acceptors (Lipinski definition) is 6. The van der Waals surface area contributed by atoms with Gasteiger partial charge in [0.1, 0.15) is 12.1 Å². The van der Waals surface area contributed by atoms with Gasteiger partial charge in [-0.2, -0.15) is 9.78 Å². The molecule has 0 aliphatic carbocycles. The number of nitrogens with one attached hydrogen (secondary N) is 1. The summed E-state index contributed by atoms with van der Waals surface area (Å²) < 4.78 is 3.77. The van der Waals surface area contributed by atoms with Crippen LogP contribution in [0.1, 0.15) is 6.42 Å². The summed E-state index contributed by atoms with van der Waals surface area (Å²) in [5, 5.41) is 8.63. The van der Waals surface area contributed by atoms with E-state index in [1.54, 1.807) is 29.6 Å². The van der Waals surface area contributed by atoms with Gasteiger partial charge in [0.2, 0.25) is 0 Å². The second-order valence-electron chi connectivity index (χ2n) is 5.28. The molecule has 0 aliphatic rings. The first-order valence-corrected chi connectivity index (χ1v) is 7.71. The van der Waals surface area contributed by atoms with Gasteiger partial charge in [0.25, 0.3) is 0 Å². The number of hydrogen-bond donors (Lipinski definition) is 1. The summed E-state index contributed by atoms with van der Waals surface area (Å²) in [5.74, 6) is 1.52. The highest BCUT2D eigenvalue weighted by molar-refractivity contribution is 5.86. The van der Waals surface area contributed by atoms with E-state index in [1.807, 2.05) is 30.7 Å². The van der Waals surface area contributed by atoms with Crippen LogP contribution in [-0.4, -0.2) is 40.8 Å². The van der Waals surface area contributed by atoms with Crippen LogP contribution in [0.25, 0.3) is 16.9 Å². The summed E-state index contributed by atoms with van der Waals surface area (Å²) in [6, 6.07) is 5.69. The zero-order valence-electron chi connectivity index (χ0n) is 12.9. The lowest BCUT2D eigenvalue weighted by molar-refractivity contribution is 0.660. The van der Waals surface area contributed by atoms with Gasteiger partial charge in [-0.15, -0.1) is 0 Å². The molecule has 0 fully saturated rings. The molecule has 0 saturated carbocycles. The molecule has 0 radical (unpaired) electrons. The van der Waals surface area contributed by atoms with E-state index >= 15 is 0 Å². The number of rotatable bonds is 6. The largest absolute Gasteiger partial charge is 0.369 e. The molecule has 4 rings (SSSR count). The van der Waals surface area contributed by atoms with E-state index in [9.17, 15) is 0 Å². The Morgan fingerprint density at radius 2 is 2.08 bits per heavy atom. The lowest BCUT2D eigenvalue weighted by Crippen LogP contribution is -2.07. The predicted octanol–water partition coefficient (Wildman–Crippen LogP) is 1.91. The molecule has 8 heteroatoms. The van der Waals surface area contributed by atoms with Gasteiger partial charge in [0, 0.05) is 31.7 Å². The molecule has 0 atom stereocenters. The maximum absolute atomic E-state index is 4.39. The van der Waals surface area contributed by atoms with E-state index in [0.29, 0.717) is 0 Å². The second kappa shape index (κ2) is 6.45. The number of pyridine rings is 1. The Morgan fingerprint density at radius 1 is 1.08 bits per heavy atom. The van der Waals surface area contributed by atoms with Crippen molar-refractivity contribution in [3.63, 3.8) is 0 Å². The molecular formula is C16H16N8. The Balaban J connectivity index is 1.51. The van der Waals surface area contributed by atoms with Gasteiger partial charge >= 0.3 is 0 Å². The van der Waals surface area contributed by atoms with E-state index in [-0.39, 0.29) is 0 Å². The normalized spacial score (nSPS) is 11.0. The van der Waals surface area contributed by atoms with Gasteiger partial charge in [-0.3, -0.25) is 0 Å². The minimum Gasteiger partial charge on any atom is -0.369 e. The van der Waals surface area contributed by atoms with Crippen molar-refractivity contribution in [3.8, 4) is 5.82 Å². The Morgan fingerprint density at radius 3 is 2.92 bits per heavy atom. The first-order chi connectivity index (χ1) is 11.9. The SMILES string of the molecule is c1ccc(-n2ncc3c(NCCCn4ccnc4)ncnc32)nc1. The van der Waals surface area contributed by atoms with Gasteiger partial charge in [-0.1, -0.05) is 6.07 Å². The highest BCUT2D eigenvalue weighted by Gasteiger charge is 2.11. The maximum Gasteiger partial charge on any atom is 0.170 e. The van der Waals surface area contributed by atoms with Crippen LogP contribution in [0.5, 0.6) is 0 Å². The smallest absolute Gasteiger partial charge is 0.170 e. The Hall–Kier alpha value is -3.29. The third-order valence-electron chi connectivity index (χ3n) is 3.68. The molecule has 8 nitrogen and oxygen atoms in total.